The van der Waals surface area contributed by atoms with Crippen LogP contribution in [0.25, 0.3) is 11.0 Å². The molecule has 0 atom stereocenters. The number of nitrogens with zero attached hydrogens (tertiary/aromatic N) is 1. The molecule has 1 N–H and O–H groups in total. The highest BCUT2D eigenvalue weighted by Gasteiger charge is 2.11. The smallest absolute Gasteiger partial charge is 0.236 e. The molecular weight excluding hydrogens is 240 g/mol. The van der Waals surface area contributed by atoms with Crippen molar-refractivity contribution in [3.8, 4) is 0 Å². The van der Waals surface area contributed by atoms with Crippen LogP contribution in [0.1, 0.15) is 18.2 Å². The maximum atomic E-state index is 11.7. The SMILES string of the molecule is CCN(C)C(=O)CNCc1c(C)oc2ccccc12. The Hall–Kier alpha value is -1.81. The third kappa shape index (κ3) is 2.96. The number of likely N-dealkylation sites (N-methyl/N-ethyl adjacent to an activating group) is 1. The van der Waals surface area contributed by atoms with E-state index in [1.165, 1.54) is 0 Å². The maximum Gasteiger partial charge on any atom is 0.236 e. The van der Waals surface area contributed by atoms with Crippen LogP contribution in [0.4, 0.5) is 0 Å². The summed E-state index contributed by atoms with van der Waals surface area (Å²) in [4.78, 5) is 13.4. The number of carbonyl (C=O) groups is 1. The first-order chi connectivity index (χ1) is 9.13. The molecule has 1 amide bonds. The first kappa shape index (κ1) is 13.6. The van der Waals surface area contributed by atoms with Gasteiger partial charge in [-0.25, -0.2) is 0 Å². The topological polar surface area (TPSA) is 45.5 Å². The van der Waals surface area contributed by atoms with E-state index < -0.39 is 0 Å². The molecular formula is C15H20N2O2. The molecule has 0 fully saturated rings. The van der Waals surface area contributed by atoms with Crippen LogP contribution in [-0.2, 0) is 11.3 Å². The van der Waals surface area contributed by atoms with Crippen LogP contribution >= 0.6 is 0 Å². The third-order valence-corrected chi connectivity index (χ3v) is 3.38. The second-order valence-corrected chi connectivity index (χ2v) is 4.64. The molecule has 0 bridgehead atoms. The Balaban J connectivity index is 2.02. The minimum absolute atomic E-state index is 0.105. The number of rotatable bonds is 5. The van der Waals surface area contributed by atoms with E-state index >= 15 is 0 Å². The number of hydrogen-bond acceptors (Lipinski definition) is 3. The Morgan fingerprint density at radius 2 is 2.11 bits per heavy atom. The van der Waals surface area contributed by atoms with Crippen molar-refractivity contribution in [2.75, 3.05) is 20.1 Å². The molecule has 0 saturated heterocycles. The van der Waals surface area contributed by atoms with E-state index in [2.05, 4.69) is 5.32 Å². The number of carbonyl (C=O) groups excluding carboxylic acids is 1. The second kappa shape index (κ2) is 5.89. The van der Waals surface area contributed by atoms with Gasteiger partial charge in [-0.3, -0.25) is 4.79 Å². The molecule has 19 heavy (non-hydrogen) atoms. The lowest BCUT2D eigenvalue weighted by molar-refractivity contribution is -0.128. The number of fused-ring (bicyclic) bond motifs is 1. The van der Waals surface area contributed by atoms with E-state index in [9.17, 15) is 4.79 Å². The van der Waals surface area contributed by atoms with E-state index in [1.54, 1.807) is 4.90 Å². The highest BCUT2D eigenvalue weighted by molar-refractivity contribution is 5.82. The number of para-hydroxylation sites is 1. The molecule has 102 valence electrons. The molecule has 2 rings (SSSR count). The quantitative estimate of drug-likeness (QED) is 0.897. The number of benzene rings is 1. The summed E-state index contributed by atoms with van der Waals surface area (Å²) in [6.07, 6.45) is 0. The Morgan fingerprint density at radius 1 is 1.37 bits per heavy atom. The van der Waals surface area contributed by atoms with E-state index in [0.29, 0.717) is 13.1 Å². The standard InChI is InChI=1S/C15H20N2O2/c1-4-17(3)15(18)10-16-9-13-11(2)19-14-8-6-5-7-12(13)14/h5-8,16H,4,9-10H2,1-3H3. The number of nitrogens with one attached hydrogen (secondary N) is 1. The highest BCUT2D eigenvalue weighted by atomic mass is 16.3. The van der Waals surface area contributed by atoms with Crippen LogP contribution in [-0.4, -0.2) is 30.9 Å². The maximum absolute atomic E-state index is 11.7. The Kier molecular flexibility index (Phi) is 4.22. The van der Waals surface area contributed by atoms with Gasteiger partial charge in [0.1, 0.15) is 11.3 Å². The molecule has 4 nitrogen and oxygen atoms in total. The van der Waals surface area contributed by atoms with Crippen molar-refractivity contribution >= 4 is 16.9 Å². The molecule has 1 heterocycles. The molecule has 4 heteroatoms. The summed E-state index contributed by atoms with van der Waals surface area (Å²) in [5, 5.41) is 4.30. The average molecular weight is 260 g/mol. The van der Waals surface area contributed by atoms with Crippen molar-refractivity contribution in [1.29, 1.82) is 0 Å². The minimum Gasteiger partial charge on any atom is -0.461 e. The fraction of sp³-hybridized carbons (Fsp3) is 0.400. The zero-order valence-electron chi connectivity index (χ0n) is 11.7. The summed E-state index contributed by atoms with van der Waals surface area (Å²) in [5.41, 5.74) is 2.02. The van der Waals surface area contributed by atoms with Gasteiger partial charge in [0.2, 0.25) is 5.91 Å². The predicted octanol–water partition coefficient (Wildman–Crippen LogP) is 2.31. The Bertz CT molecular complexity index is 575. The number of amides is 1. The Labute approximate surface area is 113 Å². The molecule has 0 radical (unpaired) electrons. The zero-order valence-corrected chi connectivity index (χ0v) is 11.7. The van der Waals surface area contributed by atoms with Gasteiger partial charge in [0.25, 0.3) is 0 Å². The summed E-state index contributed by atoms with van der Waals surface area (Å²) in [5.74, 6) is 1.01. The van der Waals surface area contributed by atoms with Crippen molar-refractivity contribution in [2.45, 2.75) is 20.4 Å². The lowest BCUT2D eigenvalue weighted by Crippen LogP contribution is -2.35. The van der Waals surface area contributed by atoms with Crippen molar-refractivity contribution < 1.29 is 9.21 Å². The molecule has 0 aliphatic rings. The fourth-order valence-electron chi connectivity index (χ4n) is 2.05. The lowest BCUT2D eigenvalue weighted by Gasteiger charge is -2.14. The van der Waals surface area contributed by atoms with E-state index in [0.717, 1.165) is 28.8 Å². The normalized spacial score (nSPS) is 10.9. The van der Waals surface area contributed by atoms with Crippen molar-refractivity contribution in [3.63, 3.8) is 0 Å². The van der Waals surface area contributed by atoms with Crippen molar-refractivity contribution in [2.24, 2.45) is 0 Å². The molecule has 0 aliphatic carbocycles. The van der Waals surface area contributed by atoms with Gasteiger partial charge >= 0.3 is 0 Å². The van der Waals surface area contributed by atoms with Gasteiger partial charge in [0.15, 0.2) is 0 Å². The van der Waals surface area contributed by atoms with E-state index in [-0.39, 0.29) is 5.91 Å². The minimum atomic E-state index is 0.105. The van der Waals surface area contributed by atoms with Gasteiger partial charge < -0.3 is 14.6 Å². The number of furan rings is 1. The van der Waals surface area contributed by atoms with E-state index in [4.69, 9.17) is 4.42 Å². The monoisotopic (exact) mass is 260 g/mol. The zero-order chi connectivity index (χ0) is 13.8. The number of aryl methyl sites for hydroxylation is 1. The predicted molar refractivity (Wildman–Crippen MR) is 76.0 cm³/mol. The summed E-state index contributed by atoms with van der Waals surface area (Å²) < 4.78 is 5.69. The molecule has 0 unspecified atom stereocenters. The van der Waals surface area contributed by atoms with Gasteiger partial charge in [0, 0.05) is 31.1 Å². The van der Waals surface area contributed by atoms with Crippen LogP contribution in [0.2, 0.25) is 0 Å². The van der Waals surface area contributed by atoms with Gasteiger partial charge in [0.05, 0.1) is 6.54 Å². The van der Waals surface area contributed by atoms with Crippen molar-refractivity contribution in [3.05, 3.63) is 35.6 Å². The summed E-state index contributed by atoms with van der Waals surface area (Å²) in [7, 11) is 1.81. The van der Waals surface area contributed by atoms with Gasteiger partial charge in [-0.1, -0.05) is 18.2 Å². The van der Waals surface area contributed by atoms with Crippen LogP contribution < -0.4 is 5.32 Å². The average Bonchev–Trinajstić information content (AvgIpc) is 2.74. The number of hydrogen-bond donors (Lipinski definition) is 1. The highest BCUT2D eigenvalue weighted by Crippen LogP contribution is 2.24. The summed E-state index contributed by atoms with van der Waals surface area (Å²) in [6, 6.07) is 7.96. The van der Waals surface area contributed by atoms with E-state index in [1.807, 2.05) is 45.2 Å². The lowest BCUT2D eigenvalue weighted by atomic mass is 10.1. The van der Waals surface area contributed by atoms with Crippen molar-refractivity contribution in [1.82, 2.24) is 10.2 Å². The molecule has 2 aromatic rings. The second-order valence-electron chi connectivity index (χ2n) is 4.64. The largest absolute Gasteiger partial charge is 0.461 e. The molecule has 1 aromatic heterocycles. The Morgan fingerprint density at radius 3 is 2.84 bits per heavy atom. The van der Waals surface area contributed by atoms with Gasteiger partial charge in [-0.15, -0.1) is 0 Å². The summed E-state index contributed by atoms with van der Waals surface area (Å²) in [6.45, 7) is 5.65. The first-order valence-corrected chi connectivity index (χ1v) is 6.55. The van der Waals surface area contributed by atoms with Crippen LogP contribution in [0.15, 0.2) is 28.7 Å². The van der Waals surface area contributed by atoms with Crippen LogP contribution in [0, 0.1) is 6.92 Å². The van der Waals surface area contributed by atoms with Gasteiger partial charge in [-0.2, -0.15) is 0 Å². The fourth-order valence-corrected chi connectivity index (χ4v) is 2.05. The molecule has 1 aromatic carbocycles. The van der Waals surface area contributed by atoms with Crippen LogP contribution in [0.5, 0.6) is 0 Å². The molecule has 0 saturated carbocycles. The molecule has 0 spiro atoms. The summed E-state index contributed by atoms with van der Waals surface area (Å²) >= 11 is 0. The molecule has 0 aliphatic heterocycles. The first-order valence-electron chi connectivity index (χ1n) is 6.55. The van der Waals surface area contributed by atoms with Gasteiger partial charge in [-0.05, 0) is 19.9 Å². The third-order valence-electron chi connectivity index (χ3n) is 3.38. The van der Waals surface area contributed by atoms with Crippen LogP contribution in [0.3, 0.4) is 0 Å².